The lowest BCUT2D eigenvalue weighted by atomic mass is 10.7. The minimum absolute atomic E-state index is 0.282. The van der Waals surface area contributed by atoms with Crippen LogP contribution in [0.2, 0.25) is 0 Å². The van der Waals surface area contributed by atoms with E-state index in [0.29, 0.717) is 6.16 Å². The van der Waals surface area contributed by atoms with E-state index in [2.05, 4.69) is 15.8 Å². The summed E-state index contributed by atoms with van der Waals surface area (Å²) in [6.07, 6.45) is 0.361. The first kappa shape index (κ1) is 5.10. The highest BCUT2D eigenvalue weighted by atomic mass is 31.0. The van der Waals surface area contributed by atoms with Crippen molar-refractivity contribution in [2.45, 2.75) is 0 Å². The quantitative estimate of drug-likeness (QED) is 0.428. The Kier molecular flexibility index (Phi) is 2.39. The maximum atomic E-state index is 11.2. The van der Waals surface area contributed by atoms with E-state index in [4.69, 9.17) is 0 Å². The molecule has 0 heterocycles. The molecule has 1 unspecified atom stereocenters. The fourth-order valence-corrected chi connectivity index (χ4v) is 0. The Morgan fingerprint density at radius 1 is 2.00 bits per heavy atom. The third-order valence-corrected chi connectivity index (χ3v) is 0.664. The molecule has 2 heteroatoms. The van der Waals surface area contributed by atoms with E-state index < -0.39 is 0 Å². The highest BCUT2D eigenvalue weighted by molar-refractivity contribution is 7.16. The molecule has 5 heavy (non-hydrogen) atoms. The van der Waals surface area contributed by atoms with Gasteiger partial charge in [-0.15, -0.1) is 9.24 Å². The maximum absolute atomic E-state index is 11.2. The van der Waals surface area contributed by atoms with Gasteiger partial charge in [0, 0.05) is 6.16 Å². The monoisotopic (exact) mass is 92.0 g/mol. The first-order valence-corrected chi connectivity index (χ1v) is 2.12. The van der Waals surface area contributed by atoms with Gasteiger partial charge in [-0.2, -0.15) is 0 Å². The molecule has 0 fully saturated rings. The van der Waals surface area contributed by atoms with E-state index >= 15 is 0 Å². The van der Waals surface area contributed by atoms with Gasteiger partial charge < -0.3 is 0 Å². The van der Waals surface area contributed by atoms with E-state index in [0.717, 1.165) is 0 Å². The topological polar surface area (TPSA) is 0 Å². The van der Waals surface area contributed by atoms with Crippen LogP contribution >= 0.6 is 9.24 Å². The Labute approximate surface area is 33.3 Å². The highest BCUT2D eigenvalue weighted by Gasteiger charge is 1.73. The fraction of sp³-hybridized carbons (Fsp3) is 0.333. The molecule has 1 atom stereocenters. The predicted octanol–water partition coefficient (Wildman–Crippen LogP) is 1.34. The van der Waals surface area contributed by atoms with Crippen LogP contribution < -0.4 is 0 Å². The van der Waals surface area contributed by atoms with Gasteiger partial charge in [0.05, 0.1) is 5.83 Å². The lowest BCUT2D eigenvalue weighted by Crippen LogP contribution is -1.61. The summed E-state index contributed by atoms with van der Waals surface area (Å²) in [5.41, 5.74) is 0. The highest BCUT2D eigenvalue weighted by Crippen LogP contribution is 1.93. The Bertz CT molecular complexity index is 42.2. The summed E-state index contributed by atoms with van der Waals surface area (Å²) in [6, 6.07) is 0. The largest absolute Gasteiger partial charge is 0.212 e. The van der Waals surface area contributed by atoms with Gasteiger partial charge in [0.1, 0.15) is 0 Å². The molecule has 0 aromatic carbocycles. The van der Waals surface area contributed by atoms with Crippen LogP contribution in [0.3, 0.4) is 0 Å². The molecule has 0 aliphatic heterocycles. The summed E-state index contributed by atoms with van der Waals surface area (Å²) in [5.74, 6) is -0.282. The summed E-state index contributed by atoms with van der Waals surface area (Å²) in [7, 11) is 2.22. The van der Waals surface area contributed by atoms with Gasteiger partial charge in [-0.05, 0) is 0 Å². The Hall–Kier alpha value is 0.100. The van der Waals surface area contributed by atoms with Crippen LogP contribution in [-0.2, 0) is 0 Å². The number of hydrogen-bond donors (Lipinski definition) is 0. The zero-order chi connectivity index (χ0) is 4.28. The molecule has 0 aliphatic carbocycles. The van der Waals surface area contributed by atoms with Crippen molar-refractivity contribution in [3.63, 3.8) is 0 Å². The summed E-state index contributed by atoms with van der Waals surface area (Å²) >= 11 is 0. The Morgan fingerprint density at radius 2 is 2.20 bits per heavy atom. The molecule has 0 saturated heterocycles. The van der Waals surface area contributed by atoms with Gasteiger partial charge in [0.15, 0.2) is 0 Å². The number of allylic oxidation sites excluding steroid dienone is 1. The third kappa shape index (κ3) is 4.10. The molecule has 0 nitrogen and oxygen atoms in total. The van der Waals surface area contributed by atoms with E-state index in [-0.39, 0.29) is 5.83 Å². The van der Waals surface area contributed by atoms with Crippen molar-refractivity contribution < 1.29 is 4.39 Å². The smallest absolute Gasteiger partial charge is 0.0965 e. The molecule has 30 valence electrons. The molecule has 0 aliphatic rings. The average Bonchev–Trinajstić information content (AvgIpc) is 1.38. The number of rotatable bonds is 1. The van der Waals surface area contributed by atoms with Crippen molar-refractivity contribution in [2.24, 2.45) is 0 Å². The maximum Gasteiger partial charge on any atom is 0.0965 e. The molecular weight excluding hydrogens is 86.0 g/mol. The van der Waals surface area contributed by atoms with E-state index in [1.54, 1.807) is 0 Å². The first-order chi connectivity index (χ1) is 2.27. The molecule has 0 N–H and O–H groups in total. The minimum atomic E-state index is -0.282. The second kappa shape index (κ2) is 2.34. The number of hydrogen-bond acceptors (Lipinski definition) is 0. The van der Waals surface area contributed by atoms with Crippen molar-refractivity contribution in [1.29, 1.82) is 0 Å². The Morgan fingerprint density at radius 3 is 2.20 bits per heavy atom. The summed E-state index contributed by atoms with van der Waals surface area (Å²) in [4.78, 5) is 0. The number of halogens is 1. The Balaban J connectivity index is 2.85. The molecule has 0 bridgehead atoms. The van der Waals surface area contributed by atoms with Crippen LogP contribution in [0.15, 0.2) is 12.4 Å². The van der Waals surface area contributed by atoms with Gasteiger partial charge >= 0.3 is 0 Å². The molecule has 0 spiro atoms. The zero-order valence-corrected chi connectivity index (χ0v) is 4.02. The predicted molar refractivity (Wildman–Crippen MR) is 24.8 cm³/mol. The van der Waals surface area contributed by atoms with Crippen LogP contribution in [0.4, 0.5) is 4.39 Å². The summed E-state index contributed by atoms with van der Waals surface area (Å²) < 4.78 is 11.2. The summed E-state index contributed by atoms with van der Waals surface area (Å²) in [6.45, 7) is 2.99. The van der Waals surface area contributed by atoms with E-state index in [9.17, 15) is 4.39 Å². The minimum Gasteiger partial charge on any atom is -0.212 e. The SMILES string of the molecule is C=C(F)CP. The van der Waals surface area contributed by atoms with Gasteiger partial charge in [-0.1, -0.05) is 6.58 Å². The van der Waals surface area contributed by atoms with Crippen LogP contribution in [-0.4, -0.2) is 6.16 Å². The first-order valence-electron chi connectivity index (χ1n) is 1.30. The molecule has 0 radical (unpaired) electrons. The van der Waals surface area contributed by atoms with Crippen molar-refractivity contribution in [1.82, 2.24) is 0 Å². The van der Waals surface area contributed by atoms with Crippen molar-refractivity contribution >= 4 is 9.24 Å². The van der Waals surface area contributed by atoms with Crippen LogP contribution in [0.25, 0.3) is 0 Å². The van der Waals surface area contributed by atoms with Gasteiger partial charge in [0.2, 0.25) is 0 Å². The van der Waals surface area contributed by atoms with Crippen molar-refractivity contribution in [3.8, 4) is 0 Å². The summed E-state index contributed by atoms with van der Waals surface area (Å²) in [5, 5.41) is 0. The van der Waals surface area contributed by atoms with E-state index in [1.807, 2.05) is 0 Å². The molecule has 0 rings (SSSR count). The molecule has 0 aromatic heterocycles. The van der Waals surface area contributed by atoms with Crippen LogP contribution in [0, 0.1) is 0 Å². The second-order valence-corrected chi connectivity index (χ2v) is 1.13. The second-order valence-electron chi connectivity index (χ2n) is 0.721. The lowest BCUT2D eigenvalue weighted by Gasteiger charge is -1.74. The van der Waals surface area contributed by atoms with Crippen molar-refractivity contribution in [3.05, 3.63) is 12.4 Å². The van der Waals surface area contributed by atoms with Crippen molar-refractivity contribution in [2.75, 3.05) is 6.16 Å². The molecular formula is C3H6FP. The van der Waals surface area contributed by atoms with Crippen LogP contribution in [0.5, 0.6) is 0 Å². The molecule has 0 aromatic rings. The van der Waals surface area contributed by atoms with Gasteiger partial charge in [-0.25, -0.2) is 4.39 Å². The van der Waals surface area contributed by atoms with Gasteiger partial charge in [-0.3, -0.25) is 0 Å². The van der Waals surface area contributed by atoms with Gasteiger partial charge in [0.25, 0.3) is 0 Å². The average molecular weight is 92.1 g/mol. The van der Waals surface area contributed by atoms with Crippen LogP contribution in [0.1, 0.15) is 0 Å². The lowest BCUT2D eigenvalue weighted by molar-refractivity contribution is 0.649. The third-order valence-electron chi connectivity index (χ3n) is 0.221. The fourth-order valence-electron chi connectivity index (χ4n) is 0. The van der Waals surface area contributed by atoms with E-state index in [1.165, 1.54) is 0 Å². The molecule has 0 saturated carbocycles. The molecule has 0 amide bonds. The zero-order valence-electron chi connectivity index (χ0n) is 2.87. The normalized spacial score (nSPS) is 7.60. The standard InChI is InChI=1S/C3H6FP/c1-3(4)2-5/h1-2,5H2.